The molecule has 2 atom stereocenters. The molecule has 7 heteroatoms. The van der Waals surface area contributed by atoms with E-state index >= 15 is 0 Å². The second-order valence-corrected chi connectivity index (χ2v) is 8.32. The van der Waals surface area contributed by atoms with Gasteiger partial charge < -0.3 is 25.2 Å². The van der Waals surface area contributed by atoms with Crippen LogP contribution in [0.1, 0.15) is 38.7 Å². The molecule has 1 aliphatic rings. The van der Waals surface area contributed by atoms with E-state index in [9.17, 15) is 0 Å². The Bertz CT molecular complexity index is 602. The molecule has 0 radical (unpaired) electrons. The lowest BCUT2D eigenvalue weighted by atomic mass is 9.98. The number of benzene rings is 1. The Morgan fingerprint density at radius 3 is 2.37 bits per heavy atom. The molecule has 1 aromatic rings. The maximum atomic E-state index is 5.25. The van der Waals surface area contributed by atoms with Crippen molar-refractivity contribution in [3.63, 3.8) is 0 Å². The number of likely N-dealkylation sites (N-methyl/N-ethyl adjacent to an activating group) is 1. The molecule has 6 nitrogen and oxygen atoms in total. The van der Waals surface area contributed by atoms with Gasteiger partial charge in [0.2, 0.25) is 0 Å². The van der Waals surface area contributed by atoms with Gasteiger partial charge in [-0.1, -0.05) is 26.0 Å². The van der Waals surface area contributed by atoms with Crippen molar-refractivity contribution < 1.29 is 4.74 Å². The summed E-state index contributed by atoms with van der Waals surface area (Å²) in [6, 6.07) is 8.38. The Hall–Kier alpha value is -1.06. The molecule has 2 rings (SSSR count). The fourth-order valence-electron chi connectivity index (χ4n) is 3.62. The molecule has 172 valence electrons. The number of halogens is 1. The highest BCUT2D eigenvalue weighted by Crippen LogP contribution is 2.21. The van der Waals surface area contributed by atoms with Crippen LogP contribution in [-0.2, 0) is 0 Å². The zero-order chi connectivity index (χ0) is 21.1. The Morgan fingerprint density at radius 2 is 1.77 bits per heavy atom. The van der Waals surface area contributed by atoms with E-state index in [0.29, 0.717) is 11.8 Å². The molecule has 0 aromatic heterocycles. The molecule has 1 fully saturated rings. The fourth-order valence-corrected chi connectivity index (χ4v) is 3.62. The maximum absolute atomic E-state index is 5.25. The van der Waals surface area contributed by atoms with E-state index in [4.69, 9.17) is 9.73 Å². The summed E-state index contributed by atoms with van der Waals surface area (Å²) in [6.45, 7) is 15.2. The number of methoxy groups -OCH3 is 1. The van der Waals surface area contributed by atoms with Crippen molar-refractivity contribution in [1.29, 1.82) is 0 Å². The number of nitrogens with one attached hydrogen (secondary N) is 2. The molecule has 0 saturated carbocycles. The van der Waals surface area contributed by atoms with Gasteiger partial charge in [-0.3, -0.25) is 4.99 Å². The minimum absolute atomic E-state index is 0. The molecule has 1 heterocycles. The highest BCUT2D eigenvalue weighted by Gasteiger charge is 2.16. The first-order valence-corrected chi connectivity index (χ1v) is 11.1. The summed E-state index contributed by atoms with van der Waals surface area (Å²) >= 11 is 0. The van der Waals surface area contributed by atoms with Crippen LogP contribution in [0.25, 0.3) is 0 Å². The van der Waals surface area contributed by atoms with Crippen molar-refractivity contribution in [2.75, 3.05) is 66.5 Å². The highest BCUT2D eigenvalue weighted by molar-refractivity contribution is 14.0. The third-order valence-electron chi connectivity index (χ3n) is 5.63. The van der Waals surface area contributed by atoms with Crippen molar-refractivity contribution in [3.05, 3.63) is 29.8 Å². The second-order valence-electron chi connectivity index (χ2n) is 8.32. The standard InChI is InChI=1S/C23H41N5O.HI/c1-6-24-23(26-17-19(2)18-28-15-13-27(4)14-16-28)25-12-11-20(3)21-7-9-22(29-5)10-8-21;/h7-10,19-20H,6,11-18H2,1-5H3,(H2,24,25,26);1H. The van der Waals surface area contributed by atoms with Crippen LogP contribution in [-0.4, -0.2) is 82.3 Å². The van der Waals surface area contributed by atoms with Gasteiger partial charge in [-0.15, -0.1) is 24.0 Å². The molecule has 0 aliphatic carbocycles. The van der Waals surface area contributed by atoms with Gasteiger partial charge in [0.1, 0.15) is 5.75 Å². The van der Waals surface area contributed by atoms with Crippen LogP contribution in [0.5, 0.6) is 5.75 Å². The first-order chi connectivity index (χ1) is 14.0. The zero-order valence-corrected chi connectivity index (χ0v) is 21.8. The fraction of sp³-hybridized carbons (Fsp3) is 0.696. The number of nitrogens with zero attached hydrogens (tertiary/aromatic N) is 3. The van der Waals surface area contributed by atoms with Crippen LogP contribution < -0.4 is 15.4 Å². The lowest BCUT2D eigenvalue weighted by molar-refractivity contribution is 0.140. The zero-order valence-electron chi connectivity index (χ0n) is 19.5. The molecular weight excluding hydrogens is 489 g/mol. The van der Waals surface area contributed by atoms with E-state index < -0.39 is 0 Å². The Kier molecular flexibility index (Phi) is 13.4. The first kappa shape index (κ1) is 27.0. The number of aliphatic imine (C=N–C) groups is 1. The molecule has 2 N–H and O–H groups in total. The van der Waals surface area contributed by atoms with Gasteiger partial charge in [-0.2, -0.15) is 0 Å². The average molecular weight is 532 g/mol. The summed E-state index contributed by atoms with van der Waals surface area (Å²) in [7, 11) is 3.91. The average Bonchev–Trinajstić information content (AvgIpc) is 2.73. The molecule has 1 saturated heterocycles. The number of guanidine groups is 1. The monoisotopic (exact) mass is 531 g/mol. The number of rotatable bonds is 10. The van der Waals surface area contributed by atoms with E-state index in [1.54, 1.807) is 7.11 Å². The van der Waals surface area contributed by atoms with Crippen LogP contribution in [0.3, 0.4) is 0 Å². The topological polar surface area (TPSA) is 52.1 Å². The Labute approximate surface area is 200 Å². The molecule has 2 unspecified atom stereocenters. The van der Waals surface area contributed by atoms with Gasteiger partial charge in [0.05, 0.1) is 7.11 Å². The quantitative estimate of drug-likeness (QED) is 0.276. The summed E-state index contributed by atoms with van der Waals surface area (Å²) in [5.41, 5.74) is 1.34. The second kappa shape index (κ2) is 14.9. The summed E-state index contributed by atoms with van der Waals surface area (Å²) in [5.74, 6) is 2.89. The predicted octanol–water partition coefficient (Wildman–Crippen LogP) is 3.25. The molecule has 0 bridgehead atoms. The first-order valence-electron chi connectivity index (χ1n) is 11.1. The van der Waals surface area contributed by atoms with Crippen LogP contribution >= 0.6 is 24.0 Å². The van der Waals surface area contributed by atoms with E-state index in [1.165, 1.54) is 31.7 Å². The van der Waals surface area contributed by atoms with E-state index in [2.05, 4.69) is 60.4 Å². The summed E-state index contributed by atoms with van der Waals surface area (Å²) in [4.78, 5) is 9.80. The maximum Gasteiger partial charge on any atom is 0.191 e. The molecule has 1 aliphatic heterocycles. The smallest absolute Gasteiger partial charge is 0.191 e. The lowest BCUT2D eigenvalue weighted by Gasteiger charge is -2.33. The van der Waals surface area contributed by atoms with Crippen LogP contribution in [0.15, 0.2) is 29.3 Å². The molecule has 1 aromatic carbocycles. The molecular formula is C23H42IN5O. The van der Waals surface area contributed by atoms with Gasteiger partial charge in [-0.05, 0) is 49.9 Å². The van der Waals surface area contributed by atoms with Gasteiger partial charge in [-0.25, -0.2) is 0 Å². The minimum atomic E-state index is 0. The van der Waals surface area contributed by atoms with Gasteiger partial charge in [0.15, 0.2) is 5.96 Å². The van der Waals surface area contributed by atoms with Crippen molar-refractivity contribution in [2.45, 2.75) is 33.1 Å². The SMILES string of the molecule is CCNC(=NCC(C)CN1CCN(C)CC1)NCCC(C)c1ccc(OC)cc1.I. The Balaban J connectivity index is 0.00000450. The molecule has 0 amide bonds. The highest BCUT2D eigenvalue weighted by atomic mass is 127. The van der Waals surface area contributed by atoms with Crippen LogP contribution in [0.4, 0.5) is 0 Å². The predicted molar refractivity (Wildman–Crippen MR) is 139 cm³/mol. The summed E-state index contributed by atoms with van der Waals surface area (Å²) in [5, 5.41) is 6.88. The minimum Gasteiger partial charge on any atom is -0.497 e. The van der Waals surface area contributed by atoms with Crippen molar-refractivity contribution in [1.82, 2.24) is 20.4 Å². The molecule has 30 heavy (non-hydrogen) atoms. The van der Waals surface area contributed by atoms with E-state index in [-0.39, 0.29) is 24.0 Å². The van der Waals surface area contributed by atoms with Gasteiger partial charge >= 0.3 is 0 Å². The molecule has 0 spiro atoms. The van der Waals surface area contributed by atoms with Crippen molar-refractivity contribution in [2.24, 2.45) is 10.9 Å². The van der Waals surface area contributed by atoms with E-state index in [1.807, 2.05) is 12.1 Å². The number of hydrogen-bond donors (Lipinski definition) is 2. The van der Waals surface area contributed by atoms with Crippen LogP contribution in [0, 0.1) is 5.92 Å². The van der Waals surface area contributed by atoms with Crippen LogP contribution in [0.2, 0.25) is 0 Å². The number of ether oxygens (including phenoxy) is 1. The third kappa shape index (κ3) is 9.83. The van der Waals surface area contributed by atoms with E-state index in [0.717, 1.165) is 44.3 Å². The number of piperazine rings is 1. The van der Waals surface area contributed by atoms with Gasteiger partial charge in [0.25, 0.3) is 0 Å². The van der Waals surface area contributed by atoms with Gasteiger partial charge in [0, 0.05) is 52.4 Å². The summed E-state index contributed by atoms with van der Waals surface area (Å²) < 4.78 is 5.25. The third-order valence-corrected chi connectivity index (χ3v) is 5.63. The number of hydrogen-bond acceptors (Lipinski definition) is 4. The Morgan fingerprint density at radius 1 is 1.10 bits per heavy atom. The summed E-state index contributed by atoms with van der Waals surface area (Å²) in [6.07, 6.45) is 1.06. The normalized spacial score (nSPS) is 17.7. The van der Waals surface area contributed by atoms with Crippen molar-refractivity contribution in [3.8, 4) is 5.75 Å². The lowest BCUT2D eigenvalue weighted by Crippen LogP contribution is -2.46. The van der Waals surface area contributed by atoms with Crippen molar-refractivity contribution >= 4 is 29.9 Å². The largest absolute Gasteiger partial charge is 0.497 e.